The van der Waals surface area contributed by atoms with E-state index in [1.54, 1.807) is 4.57 Å². The van der Waals surface area contributed by atoms with Crippen molar-refractivity contribution < 1.29 is 23.1 Å². The standard InChI is InChI=1S/C14H12F3N3O2/c15-14(16,17)10-3-1-8(2-4-10)12-19-18-11-7-9(13(21)22)5-6-20(11)12/h1-4,9H,5-7H2,(H,21,22). The van der Waals surface area contributed by atoms with Crippen LogP contribution in [0, 0.1) is 5.92 Å². The van der Waals surface area contributed by atoms with E-state index in [9.17, 15) is 18.0 Å². The van der Waals surface area contributed by atoms with Gasteiger partial charge in [0.2, 0.25) is 0 Å². The molecular weight excluding hydrogens is 299 g/mol. The van der Waals surface area contributed by atoms with Crippen LogP contribution >= 0.6 is 0 Å². The molecule has 22 heavy (non-hydrogen) atoms. The summed E-state index contributed by atoms with van der Waals surface area (Å²) >= 11 is 0. The zero-order valence-corrected chi connectivity index (χ0v) is 11.3. The molecule has 0 amide bonds. The number of aromatic nitrogens is 3. The van der Waals surface area contributed by atoms with Gasteiger partial charge in [-0.15, -0.1) is 10.2 Å². The summed E-state index contributed by atoms with van der Waals surface area (Å²) in [7, 11) is 0. The molecule has 0 saturated heterocycles. The quantitative estimate of drug-likeness (QED) is 0.925. The van der Waals surface area contributed by atoms with Crippen molar-refractivity contribution in [2.75, 3.05) is 0 Å². The van der Waals surface area contributed by atoms with Crippen molar-refractivity contribution in [1.82, 2.24) is 14.8 Å². The van der Waals surface area contributed by atoms with Crippen LogP contribution in [0.25, 0.3) is 11.4 Å². The van der Waals surface area contributed by atoms with E-state index in [4.69, 9.17) is 5.11 Å². The van der Waals surface area contributed by atoms with Crippen molar-refractivity contribution >= 4 is 5.97 Å². The predicted octanol–water partition coefficient (Wildman–Crippen LogP) is 2.61. The molecule has 116 valence electrons. The summed E-state index contributed by atoms with van der Waals surface area (Å²) in [5, 5.41) is 17.0. The Hall–Kier alpha value is -2.38. The van der Waals surface area contributed by atoms with Crippen LogP contribution in [-0.2, 0) is 23.9 Å². The molecule has 0 spiro atoms. The largest absolute Gasteiger partial charge is 0.481 e. The van der Waals surface area contributed by atoms with Gasteiger partial charge in [0.05, 0.1) is 11.5 Å². The van der Waals surface area contributed by atoms with Crippen molar-refractivity contribution in [3.63, 3.8) is 0 Å². The average molecular weight is 311 g/mol. The van der Waals surface area contributed by atoms with Crippen LogP contribution in [0.3, 0.4) is 0 Å². The summed E-state index contributed by atoms with van der Waals surface area (Å²) in [6.07, 6.45) is -3.64. The predicted molar refractivity (Wildman–Crippen MR) is 69.9 cm³/mol. The van der Waals surface area contributed by atoms with Gasteiger partial charge >= 0.3 is 12.1 Å². The van der Waals surface area contributed by atoms with Crippen LogP contribution in [0.5, 0.6) is 0 Å². The molecule has 0 aliphatic carbocycles. The molecule has 1 aromatic carbocycles. The van der Waals surface area contributed by atoms with Gasteiger partial charge in [-0.3, -0.25) is 4.79 Å². The Bertz CT molecular complexity index is 707. The first-order valence-electron chi connectivity index (χ1n) is 6.69. The molecule has 0 saturated carbocycles. The zero-order valence-electron chi connectivity index (χ0n) is 11.3. The lowest BCUT2D eigenvalue weighted by molar-refractivity contribution is -0.142. The summed E-state index contributed by atoms with van der Waals surface area (Å²) in [5.41, 5.74) is -0.193. The number of fused-ring (bicyclic) bond motifs is 1. The molecule has 1 atom stereocenters. The Balaban J connectivity index is 1.90. The fourth-order valence-corrected chi connectivity index (χ4v) is 2.56. The first-order valence-corrected chi connectivity index (χ1v) is 6.69. The van der Waals surface area contributed by atoms with Gasteiger partial charge in [0, 0.05) is 18.5 Å². The van der Waals surface area contributed by atoms with E-state index >= 15 is 0 Å². The molecule has 1 N–H and O–H groups in total. The minimum absolute atomic E-state index is 0.281. The van der Waals surface area contributed by atoms with Gasteiger partial charge in [-0.05, 0) is 18.6 Å². The Kier molecular flexibility index (Phi) is 3.38. The number of carboxylic acids is 1. The maximum Gasteiger partial charge on any atom is 0.416 e. The highest BCUT2D eigenvalue weighted by molar-refractivity contribution is 5.70. The fraction of sp³-hybridized carbons (Fsp3) is 0.357. The van der Waals surface area contributed by atoms with Crippen molar-refractivity contribution in [3.05, 3.63) is 35.7 Å². The molecule has 0 fully saturated rings. The molecule has 1 aromatic heterocycles. The smallest absolute Gasteiger partial charge is 0.416 e. The molecule has 2 aromatic rings. The van der Waals surface area contributed by atoms with Gasteiger partial charge in [0.15, 0.2) is 5.82 Å². The summed E-state index contributed by atoms with van der Waals surface area (Å²) in [6, 6.07) is 4.70. The summed E-state index contributed by atoms with van der Waals surface area (Å²) in [6.45, 7) is 0.440. The molecule has 1 aliphatic rings. The van der Waals surface area contributed by atoms with Gasteiger partial charge in [-0.25, -0.2) is 0 Å². The number of carboxylic acid groups (broad SMARTS) is 1. The van der Waals surface area contributed by atoms with Crippen molar-refractivity contribution in [3.8, 4) is 11.4 Å². The Labute approximate surface area is 123 Å². The number of alkyl halides is 3. The van der Waals surface area contributed by atoms with E-state index < -0.39 is 23.6 Å². The summed E-state index contributed by atoms with van der Waals surface area (Å²) in [4.78, 5) is 11.0. The third-order valence-electron chi connectivity index (χ3n) is 3.78. The van der Waals surface area contributed by atoms with Gasteiger partial charge in [-0.2, -0.15) is 13.2 Å². The minimum Gasteiger partial charge on any atom is -0.481 e. The van der Waals surface area contributed by atoms with Crippen molar-refractivity contribution in [2.45, 2.75) is 25.6 Å². The Morgan fingerprint density at radius 2 is 1.91 bits per heavy atom. The monoisotopic (exact) mass is 311 g/mol. The van der Waals surface area contributed by atoms with Crippen molar-refractivity contribution in [1.29, 1.82) is 0 Å². The third-order valence-corrected chi connectivity index (χ3v) is 3.78. The second-order valence-electron chi connectivity index (χ2n) is 5.19. The number of rotatable bonds is 2. The molecule has 1 aliphatic heterocycles. The number of benzene rings is 1. The normalized spacial score (nSPS) is 18.0. The maximum absolute atomic E-state index is 12.6. The first kappa shape index (κ1) is 14.6. The number of hydrogen-bond donors (Lipinski definition) is 1. The fourth-order valence-electron chi connectivity index (χ4n) is 2.56. The van der Waals surface area contributed by atoms with E-state index in [-0.39, 0.29) is 6.42 Å². The molecule has 5 nitrogen and oxygen atoms in total. The SMILES string of the molecule is O=C(O)C1CCn2c(nnc2-c2ccc(C(F)(F)F)cc2)C1. The highest BCUT2D eigenvalue weighted by atomic mass is 19.4. The third kappa shape index (κ3) is 2.56. The zero-order chi connectivity index (χ0) is 15.9. The second-order valence-corrected chi connectivity index (χ2v) is 5.19. The highest BCUT2D eigenvalue weighted by Crippen LogP contribution is 2.31. The van der Waals surface area contributed by atoms with Crippen LogP contribution in [0.2, 0.25) is 0 Å². The maximum atomic E-state index is 12.6. The van der Waals surface area contributed by atoms with E-state index in [2.05, 4.69) is 10.2 Å². The number of carbonyl (C=O) groups is 1. The molecule has 0 bridgehead atoms. The number of halogens is 3. The lowest BCUT2D eigenvalue weighted by Crippen LogP contribution is -2.26. The Morgan fingerprint density at radius 1 is 1.23 bits per heavy atom. The van der Waals surface area contributed by atoms with Crippen LogP contribution in [0.4, 0.5) is 13.2 Å². The van der Waals surface area contributed by atoms with Crippen LogP contribution < -0.4 is 0 Å². The number of aliphatic carboxylic acids is 1. The van der Waals surface area contributed by atoms with E-state index in [1.165, 1.54) is 12.1 Å². The van der Waals surface area contributed by atoms with E-state index in [0.29, 0.717) is 30.2 Å². The molecule has 3 rings (SSSR count). The van der Waals surface area contributed by atoms with Gasteiger partial charge in [0.1, 0.15) is 5.82 Å². The highest BCUT2D eigenvalue weighted by Gasteiger charge is 2.31. The lowest BCUT2D eigenvalue weighted by Gasteiger charge is -2.20. The molecule has 2 heterocycles. The van der Waals surface area contributed by atoms with Gasteiger partial charge < -0.3 is 9.67 Å². The molecule has 0 radical (unpaired) electrons. The summed E-state index contributed by atoms with van der Waals surface area (Å²) in [5.74, 6) is -0.344. The first-order chi connectivity index (χ1) is 10.4. The average Bonchev–Trinajstić information content (AvgIpc) is 2.89. The van der Waals surface area contributed by atoms with E-state index in [1.807, 2.05) is 0 Å². The van der Waals surface area contributed by atoms with Gasteiger partial charge in [-0.1, -0.05) is 12.1 Å². The van der Waals surface area contributed by atoms with E-state index in [0.717, 1.165) is 12.1 Å². The second kappa shape index (κ2) is 5.11. The van der Waals surface area contributed by atoms with Crippen LogP contribution in [0.1, 0.15) is 17.8 Å². The van der Waals surface area contributed by atoms with Gasteiger partial charge in [0.25, 0.3) is 0 Å². The number of nitrogens with zero attached hydrogens (tertiary/aromatic N) is 3. The molecular formula is C14H12F3N3O2. The number of hydrogen-bond acceptors (Lipinski definition) is 3. The molecule has 8 heteroatoms. The minimum atomic E-state index is -4.38. The van der Waals surface area contributed by atoms with Crippen LogP contribution in [-0.4, -0.2) is 25.8 Å². The molecule has 1 unspecified atom stereocenters. The van der Waals surface area contributed by atoms with Crippen LogP contribution in [0.15, 0.2) is 24.3 Å². The Morgan fingerprint density at radius 3 is 2.50 bits per heavy atom. The summed E-state index contributed by atoms with van der Waals surface area (Å²) < 4.78 is 39.5. The lowest BCUT2D eigenvalue weighted by atomic mass is 9.98. The van der Waals surface area contributed by atoms with Crippen molar-refractivity contribution in [2.24, 2.45) is 5.92 Å². The topological polar surface area (TPSA) is 68.0 Å².